The minimum atomic E-state index is -0.258. The van der Waals surface area contributed by atoms with Gasteiger partial charge in [-0.15, -0.1) is 0 Å². The van der Waals surface area contributed by atoms with E-state index in [2.05, 4.69) is 32.2 Å². The molecule has 1 aromatic carbocycles. The van der Waals surface area contributed by atoms with Gasteiger partial charge in [-0.1, -0.05) is 11.6 Å². The Hall–Kier alpha value is -3.00. The number of benzene rings is 1. The Balaban J connectivity index is 1.68. The first-order chi connectivity index (χ1) is 15.0. The number of carbonyl (C=O) groups excluding carboxylic acids is 1. The number of hydrogen-bond donors (Lipinski definition) is 2. The van der Waals surface area contributed by atoms with Crippen molar-refractivity contribution in [1.29, 1.82) is 0 Å². The van der Waals surface area contributed by atoms with E-state index in [-0.39, 0.29) is 5.91 Å². The number of carbonyl (C=O) groups is 1. The third kappa shape index (κ3) is 7.03. The van der Waals surface area contributed by atoms with E-state index in [4.69, 9.17) is 16.3 Å². The molecule has 1 fully saturated rings. The summed E-state index contributed by atoms with van der Waals surface area (Å²) < 4.78 is 5.37. The highest BCUT2D eigenvalue weighted by Gasteiger charge is 2.13. The molecule has 2 aromatic rings. The van der Waals surface area contributed by atoms with Gasteiger partial charge in [-0.05, 0) is 56.1 Å². The Kier molecular flexibility index (Phi) is 8.35. The standard InChI is InChI=1S/C23H26ClN5O2/c1-17(27-20-7-4-19(24)5-8-20)22(9-10-25-2)28-23(30)18-3-6-21(26-15-18)16-29-11-13-31-14-12-29/h3-10,15,27H,2,11-14,16H2,1H3,(H,28,30)/b10-9-,22-17-. The van der Waals surface area contributed by atoms with Gasteiger partial charge >= 0.3 is 0 Å². The molecule has 1 aromatic heterocycles. The summed E-state index contributed by atoms with van der Waals surface area (Å²) in [6.07, 6.45) is 4.80. The van der Waals surface area contributed by atoms with Crippen molar-refractivity contribution in [2.24, 2.45) is 4.99 Å². The maximum atomic E-state index is 12.8. The highest BCUT2D eigenvalue weighted by Crippen LogP contribution is 2.16. The first-order valence-corrected chi connectivity index (χ1v) is 10.3. The summed E-state index contributed by atoms with van der Waals surface area (Å²) >= 11 is 5.94. The van der Waals surface area contributed by atoms with Gasteiger partial charge in [0.15, 0.2) is 0 Å². The topological polar surface area (TPSA) is 78.9 Å². The molecular formula is C23H26ClN5O2. The van der Waals surface area contributed by atoms with Crippen LogP contribution < -0.4 is 10.6 Å². The molecule has 0 spiro atoms. The van der Waals surface area contributed by atoms with E-state index in [0.29, 0.717) is 16.3 Å². The van der Waals surface area contributed by atoms with E-state index >= 15 is 0 Å². The molecule has 0 bridgehead atoms. The van der Waals surface area contributed by atoms with Gasteiger partial charge in [0.1, 0.15) is 0 Å². The average Bonchev–Trinajstić information content (AvgIpc) is 2.79. The van der Waals surface area contributed by atoms with Crippen molar-refractivity contribution in [2.75, 3.05) is 31.6 Å². The van der Waals surface area contributed by atoms with Gasteiger partial charge in [-0.25, -0.2) is 0 Å². The Morgan fingerprint density at radius 1 is 1.26 bits per heavy atom. The number of amides is 1. The van der Waals surface area contributed by atoms with E-state index in [9.17, 15) is 4.79 Å². The molecule has 2 N–H and O–H groups in total. The number of ether oxygens (including phenoxy) is 1. The molecule has 7 nitrogen and oxygen atoms in total. The van der Waals surface area contributed by atoms with E-state index in [0.717, 1.165) is 49.9 Å². The van der Waals surface area contributed by atoms with Gasteiger partial charge in [-0.3, -0.25) is 19.7 Å². The molecule has 0 atom stereocenters. The Morgan fingerprint density at radius 2 is 2.00 bits per heavy atom. The van der Waals surface area contributed by atoms with Crippen LogP contribution in [0.1, 0.15) is 23.0 Å². The predicted octanol–water partition coefficient (Wildman–Crippen LogP) is 3.85. The number of halogens is 1. The van der Waals surface area contributed by atoms with Crippen LogP contribution in [-0.4, -0.2) is 48.8 Å². The van der Waals surface area contributed by atoms with E-state index in [1.807, 2.05) is 25.1 Å². The van der Waals surface area contributed by atoms with E-state index in [1.165, 1.54) is 6.20 Å². The smallest absolute Gasteiger partial charge is 0.257 e. The van der Waals surface area contributed by atoms with Gasteiger partial charge in [0.05, 0.1) is 30.2 Å². The van der Waals surface area contributed by atoms with Crippen LogP contribution >= 0.6 is 11.6 Å². The summed E-state index contributed by atoms with van der Waals surface area (Å²) in [5.74, 6) is -0.258. The van der Waals surface area contributed by atoms with Crippen molar-refractivity contribution >= 4 is 29.9 Å². The lowest BCUT2D eigenvalue weighted by Gasteiger charge is -2.26. The number of aromatic nitrogens is 1. The minimum Gasteiger partial charge on any atom is -0.379 e. The molecule has 8 heteroatoms. The molecule has 31 heavy (non-hydrogen) atoms. The number of rotatable bonds is 8. The molecule has 162 valence electrons. The number of morpholine rings is 1. The minimum absolute atomic E-state index is 0.258. The summed E-state index contributed by atoms with van der Waals surface area (Å²) in [6, 6.07) is 11.0. The fraction of sp³-hybridized carbons (Fsp3) is 0.261. The number of allylic oxidation sites excluding steroid dienone is 2. The lowest BCUT2D eigenvalue weighted by Crippen LogP contribution is -2.35. The molecule has 1 amide bonds. The van der Waals surface area contributed by atoms with Gasteiger partial charge in [0, 0.05) is 48.4 Å². The van der Waals surface area contributed by atoms with Crippen molar-refractivity contribution in [1.82, 2.24) is 15.2 Å². The molecule has 1 saturated heterocycles. The largest absolute Gasteiger partial charge is 0.379 e. The van der Waals surface area contributed by atoms with Gasteiger partial charge in [-0.2, -0.15) is 0 Å². The molecular weight excluding hydrogens is 414 g/mol. The zero-order valence-electron chi connectivity index (χ0n) is 17.5. The van der Waals surface area contributed by atoms with Crippen LogP contribution in [0.5, 0.6) is 0 Å². The van der Waals surface area contributed by atoms with Gasteiger partial charge in [0.2, 0.25) is 0 Å². The summed E-state index contributed by atoms with van der Waals surface area (Å²) in [7, 11) is 0. The van der Waals surface area contributed by atoms with Crippen LogP contribution in [0, 0.1) is 0 Å². The molecule has 0 unspecified atom stereocenters. The van der Waals surface area contributed by atoms with Crippen molar-refractivity contribution < 1.29 is 9.53 Å². The third-order valence-corrected chi connectivity index (χ3v) is 5.00. The molecule has 0 saturated carbocycles. The van der Waals surface area contributed by atoms with Crippen LogP contribution in [0.2, 0.25) is 5.02 Å². The summed E-state index contributed by atoms with van der Waals surface area (Å²) in [5.41, 5.74) is 3.56. The lowest BCUT2D eigenvalue weighted by atomic mass is 10.2. The second-order valence-corrected chi connectivity index (χ2v) is 7.49. The zero-order chi connectivity index (χ0) is 22.1. The molecule has 1 aliphatic rings. The number of anilines is 1. The van der Waals surface area contributed by atoms with Crippen LogP contribution in [0.3, 0.4) is 0 Å². The summed E-state index contributed by atoms with van der Waals surface area (Å²) in [4.78, 5) is 23.3. The summed E-state index contributed by atoms with van der Waals surface area (Å²) in [5, 5.41) is 6.82. The number of pyridine rings is 1. The van der Waals surface area contributed by atoms with Crippen LogP contribution in [0.4, 0.5) is 5.69 Å². The average molecular weight is 440 g/mol. The second-order valence-electron chi connectivity index (χ2n) is 7.05. The molecule has 0 radical (unpaired) electrons. The SMILES string of the molecule is C=N/C=C\C(NC(=O)c1ccc(CN2CCOCC2)nc1)=C(/C)Nc1ccc(Cl)cc1. The normalized spacial score (nSPS) is 15.4. The van der Waals surface area contributed by atoms with Crippen molar-refractivity contribution in [3.63, 3.8) is 0 Å². The van der Waals surface area contributed by atoms with Crippen LogP contribution in [0.15, 0.2) is 71.3 Å². The first kappa shape index (κ1) is 22.7. The van der Waals surface area contributed by atoms with Gasteiger partial charge < -0.3 is 15.4 Å². The quantitative estimate of drug-likeness (QED) is 0.482. The Morgan fingerprint density at radius 3 is 2.65 bits per heavy atom. The maximum absolute atomic E-state index is 12.8. The van der Waals surface area contributed by atoms with Crippen LogP contribution in [0.25, 0.3) is 0 Å². The fourth-order valence-corrected chi connectivity index (χ4v) is 3.17. The van der Waals surface area contributed by atoms with Crippen LogP contribution in [-0.2, 0) is 11.3 Å². The first-order valence-electron chi connectivity index (χ1n) is 9.97. The molecule has 0 aliphatic carbocycles. The Bertz CT molecular complexity index is 949. The lowest BCUT2D eigenvalue weighted by molar-refractivity contribution is 0.0336. The summed E-state index contributed by atoms with van der Waals surface area (Å²) in [6.45, 7) is 9.32. The third-order valence-electron chi connectivity index (χ3n) is 4.75. The number of nitrogens with zero attached hydrogens (tertiary/aromatic N) is 3. The van der Waals surface area contributed by atoms with Gasteiger partial charge in [0.25, 0.3) is 5.91 Å². The molecule has 1 aliphatic heterocycles. The zero-order valence-corrected chi connectivity index (χ0v) is 18.2. The van der Waals surface area contributed by atoms with Crippen molar-refractivity contribution in [2.45, 2.75) is 13.5 Å². The second kappa shape index (κ2) is 11.4. The molecule has 2 heterocycles. The van der Waals surface area contributed by atoms with Crippen molar-refractivity contribution in [3.05, 3.63) is 82.5 Å². The van der Waals surface area contributed by atoms with Crippen molar-refractivity contribution in [3.8, 4) is 0 Å². The van der Waals surface area contributed by atoms with E-state index in [1.54, 1.807) is 30.5 Å². The van der Waals surface area contributed by atoms with E-state index < -0.39 is 0 Å². The predicted molar refractivity (Wildman–Crippen MR) is 124 cm³/mol. The number of aliphatic imine (C=N–C) groups is 1. The highest BCUT2D eigenvalue weighted by molar-refractivity contribution is 6.30. The maximum Gasteiger partial charge on any atom is 0.257 e. The monoisotopic (exact) mass is 439 g/mol. The number of hydrogen-bond acceptors (Lipinski definition) is 6. The number of nitrogens with one attached hydrogen (secondary N) is 2. The molecule has 3 rings (SSSR count). The Labute approximate surface area is 187 Å². The fourth-order valence-electron chi connectivity index (χ4n) is 3.04. The highest BCUT2D eigenvalue weighted by atomic mass is 35.5.